The highest BCUT2D eigenvalue weighted by Gasteiger charge is 2.29. The van der Waals surface area contributed by atoms with Gasteiger partial charge in [-0.25, -0.2) is 0 Å². The lowest BCUT2D eigenvalue weighted by atomic mass is 10.0. The summed E-state index contributed by atoms with van der Waals surface area (Å²) in [5, 5.41) is 11.7. The minimum Gasteiger partial charge on any atom is -0.387 e. The highest BCUT2D eigenvalue weighted by Crippen LogP contribution is 2.30. The van der Waals surface area contributed by atoms with E-state index in [1.165, 1.54) is 23.5 Å². The summed E-state index contributed by atoms with van der Waals surface area (Å²) >= 11 is 1.43. The molecule has 96 valence electrons. The number of hydrogen-bond acceptors (Lipinski definition) is 2. The van der Waals surface area contributed by atoms with E-state index in [2.05, 4.69) is 0 Å². The van der Waals surface area contributed by atoms with E-state index in [9.17, 15) is 18.3 Å². The van der Waals surface area contributed by atoms with Crippen LogP contribution >= 0.6 is 11.3 Å². The topological polar surface area (TPSA) is 20.2 Å². The molecule has 0 bridgehead atoms. The van der Waals surface area contributed by atoms with Crippen LogP contribution in [0.3, 0.4) is 0 Å². The van der Waals surface area contributed by atoms with E-state index in [1.54, 1.807) is 6.07 Å². The van der Waals surface area contributed by atoms with E-state index < -0.39 is 17.8 Å². The molecule has 0 saturated heterocycles. The van der Waals surface area contributed by atoms with Gasteiger partial charge in [0.1, 0.15) is 0 Å². The molecule has 2 aromatic rings. The van der Waals surface area contributed by atoms with Crippen LogP contribution in [0.25, 0.3) is 0 Å². The minimum absolute atomic E-state index is 0.318. The minimum atomic E-state index is -4.31. The van der Waals surface area contributed by atoms with Crippen LogP contribution in [0.15, 0.2) is 41.8 Å². The SMILES string of the molecule is OC(Cc1ccc(C(F)(F)F)cc1)c1cccs1. The highest BCUT2D eigenvalue weighted by atomic mass is 32.1. The number of alkyl halides is 3. The van der Waals surface area contributed by atoms with Crippen LogP contribution in [0, 0.1) is 0 Å². The van der Waals surface area contributed by atoms with Crippen molar-refractivity contribution < 1.29 is 18.3 Å². The van der Waals surface area contributed by atoms with E-state index in [0.717, 1.165) is 17.0 Å². The normalized spacial score (nSPS) is 13.6. The van der Waals surface area contributed by atoms with Gasteiger partial charge in [0.15, 0.2) is 0 Å². The van der Waals surface area contributed by atoms with Crippen molar-refractivity contribution >= 4 is 11.3 Å². The Bertz CT molecular complexity index is 488. The second-order valence-electron chi connectivity index (χ2n) is 3.93. The zero-order valence-electron chi connectivity index (χ0n) is 9.32. The molecule has 1 aromatic carbocycles. The summed E-state index contributed by atoms with van der Waals surface area (Å²) in [7, 11) is 0. The van der Waals surface area contributed by atoms with Crippen molar-refractivity contribution in [2.45, 2.75) is 18.7 Å². The van der Waals surface area contributed by atoms with Crippen LogP contribution in [0.1, 0.15) is 22.1 Å². The van der Waals surface area contributed by atoms with Crippen molar-refractivity contribution in [1.29, 1.82) is 0 Å². The summed E-state index contributed by atoms with van der Waals surface area (Å²) in [5.41, 5.74) is 0.0146. The lowest BCUT2D eigenvalue weighted by Crippen LogP contribution is -2.05. The van der Waals surface area contributed by atoms with Gasteiger partial charge in [-0.1, -0.05) is 18.2 Å². The molecular formula is C13H11F3OS. The highest BCUT2D eigenvalue weighted by molar-refractivity contribution is 7.10. The van der Waals surface area contributed by atoms with Crippen molar-refractivity contribution in [2.24, 2.45) is 0 Å². The predicted molar refractivity (Wildman–Crippen MR) is 64.4 cm³/mol. The Morgan fingerprint density at radius 1 is 1.11 bits per heavy atom. The zero-order chi connectivity index (χ0) is 13.2. The van der Waals surface area contributed by atoms with Gasteiger partial charge in [0.2, 0.25) is 0 Å². The fraction of sp³-hybridized carbons (Fsp3) is 0.231. The van der Waals surface area contributed by atoms with Gasteiger partial charge in [0, 0.05) is 11.3 Å². The maximum absolute atomic E-state index is 12.4. The van der Waals surface area contributed by atoms with Gasteiger partial charge in [0.05, 0.1) is 11.7 Å². The molecule has 1 aromatic heterocycles. The molecule has 18 heavy (non-hydrogen) atoms. The maximum Gasteiger partial charge on any atom is 0.416 e. The Morgan fingerprint density at radius 3 is 2.28 bits per heavy atom. The standard InChI is InChI=1S/C13H11F3OS/c14-13(15,16)10-5-3-9(4-6-10)8-11(17)12-2-1-7-18-12/h1-7,11,17H,8H2. The largest absolute Gasteiger partial charge is 0.416 e. The molecule has 1 N–H and O–H groups in total. The van der Waals surface area contributed by atoms with Crippen molar-refractivity contribution in [3.8, 4) is 0 Å². The third-order valence-corrected chi connectivity index (χ3v) is 3.56. The molecule has 1 atom stereocenters. The van der Waals surface area contributed by atoms with Crippen molar-refractivity contribution in [3.63, 3.8) is 0 Å². The molecule has 0 saturated carbocycles. The lowest BCUT2D eigenvalue weighted by molar-refractivity contribution is -0.137. The fourth-order valence-electron chi connectivity index (χ4n) is 1.63. The molecule has 0 fully saturated rings. The molecular weight excluding hydrogens is 261 g/mol. The quantitative estimate of drug-likeness (QED) is 0.894. The summed E-state index contributed by atoms with van der Waals surface area (Å²) in [6, 6.07) is 8.52. The van der Waals surface area contributed by atoms with E-state index in [1.807, 2.05) is 11.4 Å². The van der Waals surface area contributed by atoms with Gasteiger partial charge in [-0.2, -0.15) is 13.2 Å². The average Bonchev–Trinajstić information content (AvgIpc) is 2.82. The zero-order valence-corrected chi connectivity index (χ0v) is 10.1. The third-order valence-electron chi connectivity index (χ3n) is 2.58. The van der Waals surface area contributed by atoms with Crippen LogP contribution in [0.4, 0.5) is 13.2 Å². The second-order valence-corrected chi connectivity index (χ2v) is 4.91. The van der Waals surface area contributed by atoms with E-state index in [4.69, 9.17) is 0 Å². The van der Waals surface area contributed by atoms with Crippen molar-refractivity contribution in [1.82, 2.24) is 0 Å². The molecule has 0 aliphatic carbocycles. The van der Waals surface area contributed by atoms with E-state index in [0.29, 0.717) is 12.0 Å². The average molecular weight is 272 g/mol. The smallest absolute Gasteiger partial charge is 0.387 e. The molecule has 0 amide bonds. The summed E-state index contributed by atoms with van der Waals surface area (Å²) in [4.78, 5) is 0.815. The van der Waals surface area contributed by atoms with Crippen LogP contribution < -0.4 is 0 Å². The van der Waals surface area contributed by atoms with Crippen molar-refractivity contribution in [2.75, 3.05) is 0 Å². The number of hydrogen-bond donors (Lipinski definition) is 1. The number of benzene rings is 1. The molecule has 1 unspecified atom stereocenters. The summed E-state index contributed by atoms with van der Waals surface area (Å²) in [6.45, 7) is 0. The first-order valence-electron chi connectivity index (χ1n) is 5.34. The third kappa shape index (κ3) is 3.11. The first kappa shape index (κ1) is 13.1. The first-order chi connectivity index (χ1) is 8.47. The monoisotopic (exact) mass is 272 g/mol. The Kier molecular flexibility index (Phi) is 3.73. The number of rotatable bonds is 3. The number of halogens is 3. The summed E-state index contributed by atoms with van der Waals surface area (Å²) < 4.78 is 37.1. The van der Waals surface area contributed by atoms with Gasteiger partial charge in [-0.05, 0) is 29.1 Å². The molecule has 2 rings (SSSR count). The summed E-state index contributed by atoms with van der Waals surface area (Å²) in [6.07, 6.45) is -4.66. The molecule has 0 aliphatic rings. The molecule has 0 radical (unpaired) electrons. The maximum atomic E-state index is 12.4. The molecule has 1 nitrogen and oxygen atoms in total. The second kappa shape index (κ2) is 5.12. The van der Waals surface area contributed by atoms with Gasteiger partial charge in [-0.15, -0.1) is 11.3 Å². The van der Waals surface area contributed by atoms with Gasteiger partial charge >= 0.3 is 6.18 Å². The Labute approximate surface area is 107 Å². The van der Waals surface area contributed by atoms with Gasteiger partial charge < -0.3 is 5.11 Å². The fourth-order valence-corrected chi connectivity index (χ4v) is 2.35. The predicted octanol–water partition coefficient (Wildman–Crippen LogP) is 4.04. The van der Waals surface area contributed by atoms with Crippen LogP contribution in [0.5, 0.6) is 0 Å². The lowest BCUT2D eigenvalue weighted by Gasteiger charge is -2.10. The first-order valence-corrected chi connectivity index (χ1v) is 6.22. The van der Waals surface area contributed by atoms with Crippen molar-refractivity contribution in [3.05, 3.63) is 57.8 Å². The van der Waals surface area contributed by atoms with Gasteiger partial charge in [0.25, 0.3) is 0 Å². The molecule has 5 heteroatoms. The van der Waals surface area contributed by atoms with Crippen LogP contribution in [0.2, 0.25) is 0 Å². The Morgan fingerprint density at radius 2 is 1.78 bits per heavy atom. The number of aliphatic hydroxyl groups excluding tert-OH is 1. The van der Waals surface area contributed by atoms with Crippen LogP contribution in [-0.2, 0) is 12.6 Å². The molecule has 0 spiro atoms. The number of aliphatic hydroxyl groups is 1. The Hall–Kier alpha value is -1.33. The molecule has 1 heterocycles. The number of thiophene rings is 1. The van der Waals surface area contributed by atoms with Gasteiger partial charge in [-0.3, -0.25) is 0 Å². The van der Waals surface area contributed by atoms with E-state index in [-0.39, 0.29) is 0 Å². The van der Waals surface area contributed by atoms with E-state index >= 15 is 0 Å². The summed E-state index contributed by atoms with van der Waals surface area (Å²) in [5.74, 6) is 0. The molecule has 0 aliphatic heterocycles. The van der Waals surface area contributed by atoms with Crippen LogP contribution in [-0.4, -0.2) is 5.11 Å². The Balaban J connectivity index is 2.07.